The quantitative estimate of drug-likeness (QED) is 0.618. The summed E-state index contributed by atoms with van der Waals surface area (Å²) in [7, 11) is 1.84. The first-order valence-corrected chi connectivity index (χ1v) is 8.18. The minimum absolute atomic E-state index is 0.517. The third kappa shape index (κ3) is 8.61. The van der Waals surface area contributed by atoms with E-state index in [-0.39, 0.29) is 0 Å². The van der Waals surface area contributed by atoms with E-state index in [4.69, 9.17) is 4.74 Å². The van der Waals surface area contributed by atoms with Gasteiger partial charge in [-0.15, -0.1) is 0 Å². The van der Waals surface area contributed by atoms with Gasteiger partial charge >= 0.3 is 0 Å². The first kappa shape index (κ1) is 16.9. The SMILES string of the molecule is COC1CCN(CCCCCCNCC(C)C)CC1. The Balaban J connectivity index is 1.83. The number of nitrogens with zero attached hydrogens (tertiary/aromatic N) is 1. The lowest BCUT2D eigenvalue weighted by Crippen LogP contribution is -2.37. The molecule has 1 rings (SSSR count). The summed E-state index contributed by atoms with van der Waals surface area (Å²) in [5.41, 5.74) is 0. The summed E-state index contributed by atoms with van der Waals surface area (Å²) in [6.07, 6.45) is 8.40. The minimum Gasteiger partial charge on any atom is -0.381 e. The highest BCUT2D eigenvalue weighted by molar-refractivity contribution is 4.71. The second-order valence-corrected chi connectivity index (χ2v) is 6.29. The van der Waals surface area contributed by atoms with Crippen LogP contribution in [0.3, 0.4) is 0 Å². The molecule has 1 heterocycles. The van der Waals surface area contributed by atoms with Gasteiger partial charge in [0.25, 0.3) is 0 Å². The molecule has 0 aromatic heterocycles. The molecule has 0 bridgehead atoms. The molecule has 0 aromatic rings. The molecule has 3 heteroatoms. The Morgan fingerprint density at radius 3 is 2.42 bits per heavy atom. The highest BCUT2D eigenvalue weighted by atomic mass is 16.5. The van der Waals surface area contributed by atoms with Gasteiger partial charge < -0.3 is 15.0 Å². The lowest BCUT2D eigenvalue weighted by Gasteiger charge is -2.31. The van der Waals surface area contributed by atoms with Gasteiger partial charge in [0.05, 0.1) is 6.10 Å². The van der Waals surface area contributed by atoms with Crippen molar-refractivity contribution in [3.63, 3.8) is 0 Å². The van der Waals surface area contributed by atoms with Crippen LogP contribution < -0.4 is 5.32 Å². The summed E-state index contributed by atoms with van der Waals surface area (Å²) >= 11 is 0. The number of ether oxygens (including phenoxy) is 1. The lowest BCUT2D eigenvalue weighted by atomic mass is 10.1. The fourth-order valence-corrected chi connectivity index (χ4v) is 2.70. The second kappa shape index (κ2) is 10.6. The van der Waals surface area contributed by atoms with E-state index in [1.807, 2.05) is 7.11 Å². The maximum Gasteiger partial charge on any atom is 0.0595 e. The third-order valence-corrected chi connectivity index (χ3v) is 4.00. The Bertz CT molecular complexity index is 201. The molecule has 1 saturated heterocycles. The highest BCUT2D eigenvalue weighted by Gasteiger charge is 2.17. The van der Waals surface area contributed by atoms with E-state index in [1.54, 1.807) is 0 Å². The van der Waals surface area contributed by atoms with Crippen molar-refractivity contribution in [2.24, 2.45) is 5.92 Å². The van der Waals surface area contributed by atoms with Crippen LogP contribution in [0.1, 0.15) is 52.4 Å². The van der Waals surface area contributed by atoms with Gasteiger partial charge in [0, 0.05) is 20.2 Å². The zero-order valence-corrected chi connectivity index (χ0v) is 13.3. The van der Waals surface area contributed by atoms with Crippen molar-refractivity contribution in [3.8, 4) is 0 Å². The van der Waals surface area contributed by atoms with Crippen LogP contribution in [0.4, 0.5) is 0 Å². The fraction of sp³-hybridized carbons (Fsp3) is 1.00. The third-order valence-electron chi connectivity index (χ3n) is 4.00. The maximum absolute atomic E-state index is 5.40. The molecule has 0 aliphatic carbocycles. The van der Waals surface area contributed by atoms with E-state index >= 15 is 0 Å². The summed E-state index contributed by atoms with van der Waals surface area (Å²) < 4.78 is 5.40. The van der Waals surface area contributed by atoms with Gasteiger partial charge in [0.15, 0.2) is 0 Å². The topological polar surface area (TPSA) is 24.5 Å². The van der Waals surface area contributed by atoms with Gasteiger partial charge in [0.1, 0.15) is 0 Å². The molecule has 1 N–H and O–H groups in total. The summed E-state index contributed by atoms with van der Waals surface area (Å²) in [6.45, 7) is 10.6. The molecular weight excluding hydrogens is 236 g/mol. The Morgan fingerprint density at radius 2 is 1.79 bits per heavy atom. The van der Waals surface area contributed by atoms with Crippen molar-refractivity contribution in [2.75, 3.05) is 39.8 Å². The van der Waals surface area contributed by atoms with Crippen LogP contribution in [0.25, 0.3) is 0 Å². The van der Waals surface area contributed by atoms with Crippen LogP contribution in [-0.4, -0.2) is 50.8 Å². The van der Waals surface area contributed by atoms with Crippen molar-refractivity contribution >= 4 is 0 Å². The van der Waals surface area contributed by atoms with E-state index in [0.717, 1.165) is 12.5 Å². The molecule has 1 fully saturated rings. The number of rotatable bonds is 10. The molecule has 0 radical (unpaired) electrons. The van der Waals surface area contributed by atoms with Crippen molar-refractivity contribution in [1.29, 1.82) is 0 Å². The van der Waals surface area contributed by atoms with Crippen LogP contribution in [0, 0.1) is 5.92 Å². The summed E-state index contributed by atoms with van der Waals surface area (Å²) in [5.74, 6) is 0.773. The smallest absolute Gasteiger partial charge is 0.0595 e. The average Bonchev–Trinajstić information content (AvgIpc) is 2.42. The Kier molecular flexibility index (Phi) is 9.48. The van der Waals surface area contributed by atoms with Crippen LogP contribution in [0.15, 0.2) is 0 Å². The summed E-state index contributed by atoms with van der Waals surface area (Å²) in [4.78, 5) is 2.60. The lowest BCUT2D eigenvalue weighted by molar-refractivity contribution is 0.0407. The first-order valence-electron chi connectivity index (χ1n) is 8.18. The van der Waals surface area contributed by atoms with E-state index in [9.17, 15) is 0 Å². The van der Waals surface area contributed by atoms with Crippen LogP contribution in [0.5, 0.6) is 0 Å². The monoisotopic (exact) mass is 270 g/mol. The van der Waals surface area contributed by atoms with Gasteiger partial charge in [-0.1, -0.05) is 26.7 Å². The maximum atomic E-state index is 5.40. The molecule has 19 heavy (non-hydrogen) atoms. The number of hydrogen-bond donors (Lipinski definition) is 1. The van der Waals surface area contributed by atoms with Crippen molar-refractivity contribution in [1.82, 2.24) is 10.2 Å². The molecule has 0 amide bonds. The van der Waals surface area contributed by atoms with Crippen molar-refractivity contribution < 1.29 is 4.74 Å². The number of unbranched alkanes of at least 4 members (excludes halogenated alkanes) is 3. The normalized spacial score (nSPS) is 18.3. The van der Waals surface area contributed by atoms with Gasteiger partial charge in [0.2, 0.25) is 0 Å². The Morgan fingerprint density at radius 1 is 1.11 bits per heavy atom. The van der Waals surface area contributed by atoms with Gasteiger partial charge in [-0.05, 0) is 51.2 Å². The Hall–Kier alpha value is -0.120. The van der Waals surface area contributed by atoms with Gasteiger partial charge in [-0.3, -0.25) is 0 Å². The predicted octanol–water partition coefficient (Wildman–Crippen LogP) is 2.90. The summed E-state index contributed by atoms with van der Waals surface area (Å²) in [6, 6.07) is 0. The van der Waals surface area contributed by atoms with E-state index in [1.165, 1.54) is 64.7 Å². The van der Waals surface area contributed by atoms with Crippen LogP contribution >= 0.6 is 0 Å². The number of hydrogen-bond acceptors (Lipinski definition) is 3. The average molecular weight is 270 g/mol. The first-order chi connectivity index (χ1) is 9.22. The molecule has 0 atom stereocenters. The molecule has 1 aliphatic heterocycles. The molecule has 0 saturated carbocycles. The fourth-order valence-electron chi connectivity index (χ4n) is 2.70. The van der Waals surface area contributed by atoms with Crippen LogP contribution in [-0.2, 0) is 4.74 Å². The second-order valence-electron chi connectivity index (χ2n) is 6.29. The largest absolute Gasteiger partial charge is 0.381 e. The molecule has 3 nitrogen and oxygen atoms in total. The predicted molar refractivity (Wildman–Crippen MR) is 82.6 cm³/mol. The van der Waals surface area contributed by atoms with Gasteiger partial charge in [-0.2, -0.15) is 0 Å². The highest BCUT2D eigenvalue weighted by Crippen LogP contribution is 2.13. The van der Waals surface area contributed by atoms with E-state index in [0.29, 0.717) is 6.10 Å². The molecule has 0 unspecified atom stereocenters. The Labute approximate surface area is 120 Å². The summed E-state index contributed by atoms with van der Waals surface area (Å²) in [5, 5.41) is 3.51. The van der Waals surface area contributed by atoms with Gasteiger partial charge in [-0.25, -0.2) is 0 Å². The molecule has 0 aromatic carbocycles. The number of piperidine rings is 1. The standard InChI is InChI=1S/C16H34N2O/c1-15(2)14-17-10-6-4-5-7-11-18-12-8-16(19-3)9-13-18/h15-17H,4-14H2,1-3H3. The molecular formula is C16H34N2O. The number of nitrogens with one attached hydrogen (secondary N) is 1. The zero-order valence-electron chi connectivity index (χ0n) is 13.3. The van der Waals surface area contributed by atoms with Crippen molar-refractivity contribution in [3.05, 3.63) is 0 Å². The number of likely N-dealkylation sites (tertiary alicyclic amines) is 1. The molecule has 1 aliphatic rings. The minimum atomic E-state index is 0.517. The van der Waals surface area contributed by atoms with E-state index < -0.39 is 0 Å². The van der Waals surface area contributed by atoms with Crippen LogP contribution in [0.2, 0.25) is 0 Å². The zero-order chi connectivity index (χ0) is 13.9. The van der Waals surface area contributed by atoms with E-state index in [2.05, 4.69) is 24.1 Å². The number of methoxy groups -OCH3 is 1. The molecule has 114 valence electrons. The van der Waals surface area contributed by atoms with Crippen molar-refractivity contribution in [2.45, 2.75) is 58.5 Å². The molecule has 0 spiro atoms.